The zero-order valence-electron chi connectivity index (χ0n) is 23.8. The number of anilines is 1. The third kappa shape index (κ3) is 8.09. The van der Waals surface area contributed by atoms with Gasteiger partial charge >= 0.3 is 0 Å². The molecule has 218 valence electrons. The lowest BCUT2D eigenvalue weighted by Crippen LogP contribution is -2.24. The highest BCUT2D eigenvalue weighted by Gasteiger charge is 2.19. The molecule has 1 aliphatic rings. The predicted octanol–water partition coefficient (Wildman–Crippen LogP) is 7.82. The largest absolute Gasteiger partial charge is 0.491 e. The van der Waals surface area contributed by atoms with Crippen LogP contribution in [0.5, 0.6) is 17.2 Å². The van der Waals surface area contributed by atoms with Gasteiger partial charge in [-0.25, -0.2) is 0 Å². The first-order valence-electron chi connectivity index (χ1n) is 14.3. The number of hydrogen-bond donors (Lipinski definition) is 0. The number of nitrogens with zero attached hydrogens (tertiary/aromatic N) is 2. The molecule has 1 heterocycles. The number of nitro benzene ring substituents is 1. The highest BCUT2D eigenvalue weighted by atomic mass is 16.7. The number of rotatable bonds is 13. The second kappa shape index (κ2) is 14.5. The minimum Gasteiger partial charge on any atom is -0.491 e. The summed E-state index contributed by atoms with van der Waals surface area (Å²) >= 11 is 0. The first kappa shape index (κ1) is 29.1. The molecule has 0 bridgehead atoms. The van der Waals surface area contributed by atoms with Crippen molar-refractivity contribution in [2.75, 3.05) is 24.7 Å². The van der Waals surface area contributed by atoms with E-state index in [0.717, 1.165) is 42.7 Å². The Bertz CT molecular complexity index is 1440. The van der Waals surface area contributed by atoms with E-state index in [0.29, 0.717) is 49.1 Å². The van der Waals surface area contributed by atoms with Crippen molar-refractivity contribution in [2.45, 2.75) is 45.6 Å². The van der Waals surface area contributed by atoms with E-state index >= 15 is 0 Å². The van der Waals surface area contributed by atoms with E-state index in [4.69, 9.17) is 18.9 Å². The Labute approximate surface area is 246 Å². The first-order valence-corrected chi connectivity index (χ1v) is 14.3. The topological polar surface area (TPSA) is 83.3 Å². The molecule has 0 N–H and O–H groups in total. The van der Waals surface area contributed by atoms with Gasteiger partial charge < -0.3 is 23.8 Å². The molecule has 8 nitrogen and oxygen atoms in total. The molecule has 4 aromatic rings. The van der Waals surface area contributed by atoms with Crippen molar-refractivity contribution in [3.05, 3.63) is 124 Å². The predicted molar refractivity (Wildman–Crippen MR) is 162 cm³/mol. The van der Waals surface area contributed by atoms with E-state index in [2.05, 4.69) is 17.0 Å². The Morgan fingerprint density at radius 1 is 0.833 bits per heavy atom. The highest BCUT2D eigenvalue weighted by Crippen LogP contribution is 2.31. The third-order valence-electron chi connectivity index (χ3n) is 7.16. The van der Waals surface area contributed by atoms with Gasteiger partial charge in [-0.3, -0.25) is 10.1 Å². The lowest BCUT2D eigenvalue weighted by molar-refractivity contribution is -0.385. The van der Waals surface area contributed by atoms with E-state index in [1.807, 2.05) is 72.8 Å². The smallest absolute Gasteiger partial charge is 0.274 e. The highest BCUT2D eigenvalue weighted by molar-refractivity contribution is 5.62. The van der Waals surface area contributed by atoms with Crippen molar-refractivity contribution in [2.24, 2.45) is 0 Å². The van der Waals surface area contributed by atoms with Crippen molar-refractivity contribution in [1.29, 1.82) is 0 Å². The summed E-state index contributed by atoms with van der Waals surface area (Å²) in [6, 6.07) is 30.8. The second-order valence-corrected chi connectivity index (χ2v) is 10.3. The fourth-order valence-corrected chi connectivity index (χ4v) is 5.01. The summed E-state index contributed by atoms with van der Waals surface area (Å²) in [6.45, 7) is 4.66. The van der Waals surface area contributed by atoms with Crippen molar-refractivity contribution in [3.8, 4) is 17.2 Å². The molecule has 0 saturated carbocycles. The fourth-order valence-electron chi connectivity index (χ4n) is 5.01. The molecule has 8 heteroatoms. The van der Waals surface area contributed by atoms with Crippen LogP contribution in [-0.4, -0.2) is 31.0 Å². The summed E-state index contributed by atoms with van der Waals surface area (Å²) in [6.07, 6.45) is 3.04. The van der Waals surface area contributed by atoms with E-state index in [-0.39, 0.29) is 16.9 Å². The van der Waals surface area contributed by atoms with Crippen LogP contribution in [0.3, 0.4) is 0 Å². The van der Waals surface area contributed by atoms with Gasteiger partial charge in [-0.1, -0.05) is 54.6 Å². The fraction of sp³-hybridized carbons (Fsp3) is 0.294. The zero-order chi connectivity index (χ0) is 29.1. The number of hydrogen-bond acceptors (Lipinski definition) is 7. The maximum Gasteiger partial charge on any atom is 0.274 e. The van der Waals surface area contributed by atoms with Gasteiger partial charge in [0.05, 0.1) is 17.1 Å². The van der Waals surface area contributed by atoms with Crippen LogP contribution in [0.4, 0.5) is 11.4 Å². The molecule has 4 aromatic carbocycles. The molecule has 1 aliphatic heterocycles. The van der Waals surface area contributed by atoms with Gasteiger partial charge in [0.15, 0.2) is 6.29 Å². The van der Waals surface area contributed by atoms with Gasteiger partial charge in [0.1, 0.15) is 23.9 Å². The Hall–Kier alpha value is -4.40. The van der Waals surface area contributed by atoms with Gasteiger partial charge in [-0.15, -0.1) is 0 Å². The summed E-state index contributed by atoms with van der Waals surface area (Å²) < 4.78 is 23.3. The first-order chi connectivity index (χ1) is 20.5. The van der Waals surface area contributed by atoms with Gasteiger partial charge in [0.2, 0.25) is 0 Å². The monoisotopic (exact) mass is 568 g/mol. The minimum absolute atomic E-state index is 0.117. The lowest BCUT2D eigenvalue weighted by Gasteiger charge is -2.27. The van der Waals surface area contributed by atoms with Crippen molar-refractivity contribution in [1.82, 2.24) is 0 Å². The van der Waals surface area contributed by atoms with Crippen LogP contribution < -0.4 is 14.4 Å². The van der Waals surface area contributed by atoms with Gasteiger partial charge in [-0.2, -0.15) is 0 Å². The van der Waals surface area contributed by atoms with Gasteiger partial charge in [-0.05, 0) is 67.6 Å². The molecule has 5 rings (SSSR count). The molecule has 1 atom stereocenters. The molecule has 42 heavy (non-hydrogen) atoms. The van der Waals surface area contributed by atoms with Crippen LogP contribution >= 0.6 is 0 Å². The molecule has 0 radical (unpaired) electrons. The van der Waals surface area contributed by atoms with Crippen molar-refractivity contribution in [3.63, 3.8) is 0 Å². The van der Waals surface area contributed by atoms with E-state index < -0.39 is 0 Å². The van der Waals surface area contributed by atoms with Crippen LogP contribution in [0.1, 0.15) is 36.0 Å². The molecule has 0 amide bonds. The molecule has 1 unspecified atom stereocenters. The lowest BCUT2D eigenvalue weighted by atomic mass is 10.1. The van der Waals surface area contributed by atoms with Crippen LogP contribution in [0.25, 0.3) is 0 Å². The Balaban J connectivity index is 1.22. The molecule has 0 spiro atoms. The van der Waals surface area contributed by atoms with Crippen LogP contribution in [0.15, 0.2) is 97.1 Å². The van der Waals surface area contributed by atoms with E-state index in [1.165, 1.54) is 0 Å². The quantitative estimate of drug-likeness (QED) is 0.0923. The zero-order valence-corrected chi connectivity index (χ0v) is 23.8. The molecule has 1 fully saturated rings. The summed E-state index contributed by atoms with van der Waals surface area (Å²) in [5.41, 5.74) is 3.78. The molecular formula is C34H36N2O6. The summed E-state index contributed by atoms with van der Waals surface area (Å²) in [4.78, 5) is 13.4. The maximum atomic E-state index is 11.6. The molecule has 0 aliphatic carbocycles. The average molecular weight is 569 g/mol. The van der Waals surface area contributed by atoms with Crippen LogP contribution in [0.2, 0.25) is 0 Å². The number of ether oxygens (including phenoxy) is 4. The van der Waals surface area contributed by atoms with Crippen LogP contribution in [0, 0.1) is 17.0 Å². The summed E-state index contributed by atoms with van der Waals surface area (Å²) in [5.74, 6) is 2.09. The standard InChI is InChI=1S/C34H36N2O6/c1-26-32(13-8-14-33(26)36(37)38)35(24-27-9-3-2-4-10-27)25-28-16-18-29(19-17-28)42-31-12-7-11-30(23-31)39-21-22-41-34-15-5-6-20-40-34/h2-4,7-14,16-19,23,34H,5-6,15,20-22,24-25H2,1H3. The molecular weight excluding hydrogens is 532 g/mol. The summed E-state index contributed by atoms with van der Waals surface area (Å²) in [7, 11) is 0. The Morgan fingerprint density at radius 3 is 2.31 bits per heavy atom. The Kier molecular flexibility index (Phi) is 10.0. The van der Waals surface area contributed by atoms with Gasteiger partial charge in [0.25, 0.3) is 5.69 Å². The Morgan fingerprint density at radius 2 is 1.57 bits per heavy atom. The van der Waals surface area contributed by atoms with Gasteiger partial charge in [0, 0.05) is 37.5 Å². The minimum atomic E-state index is -0.327. The average Bonchev–Trinajstić information content (AvgIpc) is 3.01. The maximum absolute atomic E-state index is 11.6. The van der Waals surface area contributed by atoms with Crippen molar-refractivity contribution >= 4 is 11.4 Å². The SMILES string of the molecule is Cc1c(N(Cc2ccccc2)Cc2ccc(Oc3cccc(OCCOC4CCCCO4)c3)cc2)cccc1[N+](=O)[O-]. The normalized spacial score (nSPS) is 14.7. The number of nitro groups is 1. The summed E-state index contributed by atoms with van der Waals surface area (Å²) in [5, 5.41) is 11.6. The number of benzene rings is 4. The van der Waals surface area contributed by atoms with E-state index in [9.17, 15) is 10.1 Å². The van der Waals surface area contributed by atoms with Crippen LogP contribution in [-0.2, 0) is 22.6 Å². The van der Waals surface area contributed by atoms with Crippen molar-refractivity contribution < 1.29 is 23.9 Å². The molecule has 1 saturated heterocycles. The van der Waals surface area contributed by atoms with E-state index in [1.54, 1.807) is 19.1 Å². The second-order valence-electron chi connectivity index (χ2n) is 10.3. The third-order valence-corrected chi connectivity index (χ3v) is 7.16. The molecule has 0 aromatic heterocycles.